The van der Waals surface area contributed by atoms with Crippen LogP contribution in [0.5, 0.6) is 0 Å². The molecule has 0 saturated carbocycles. The summed E-state index contributed by atoms with van der Waals surface area (Å²) in [5.74, 6) is -0.751. The Morgan fingerprint density at radius 2 is 1.95 bits per heavy atom. The molecular weight excluding hydrogens is 266 g/mol. The van der Waals surface area contributed by atoms with Gasteiger partial charge in [-0.05, 0) is 38.5 Å². The number of sulfonamides is 1. The summed E-state index contributed by atoms with van der Waals surface area (Å²) in [6.45, 7) is 4.57. The van der Waals surface area contributed by atoms with Crippen molar-refractivity contribution in [2.24, 2.45) is 11.5 Å². The molecule has 19 heavy (non-hydrogen) atoms. The Bertz CT molecular complexity index is 580. The molecule has 0 saturated heterocycles. The van der Waals surface area contributed by atoms with E-state index in [1.807, 2.05) is 0 Å². The zero-order chi connectivity index (χ0) is 14.8. The van der Waals surface area contributed by atoms with E-state index in [1.165, 1.54) is 26.0 Å². The normalized spacial score (nSPS) is 14.1. The lowest BCUT2D eigenvalue weighted by Crippen LogP contribution is -2.52. The van der Waals surface area contributed by atoms with Crippen LogP contribution in [0, 0.1) is 0 Å². The molecule has 1 unspecified atom stereocenters. The van der Waals surface area contributed by atoms with Crippen LogP contribution in [0.4, 0.5) is 0 Å². The summed E-state index contributed by atoms with van der Waals surface area (Å²) in [6.07, 6.45) is 0. The number of benzene rings is 1. The van der Waals surface area contributed by atoms with Crippen LogP contribution in [0.3, 0.4) is 0 Å². The summed E-state index contributed by atoms with van der Waals surface area (Å²) in [5.41, 5.74) is 10.2. The smallest absolute Gasteiger partial charge is 0.241 e. The first kappa shape index (κ1) is 15.6. The van der Waals surface area contributed by atoms with Crippen molar-refractivity contribution in [1.29, 1.82) is 0 Å². The zero-order valence-electron chi connectivity index (χ0n) is 11.2. The maximum Gasteiger partial charge on any atom is 0.241 e. The highest BCUT2D eigenvalue weighted by Gasteiger charge is 2.31. The van der Waals surface area contributed by atoms with Gasteiger partial charge in [0, 0.05) is 6.04 Å². The summed E-state index contributed by atoms with van der Waals surface area (Å²) in [5, 5.41) is 0. The second-order valence-corrected chi connectivity index (χ2v) is 6.64. The van der Waals surface area contributed by atoms with Gasteiger partial charge in [-0.3, -0.25) is 4.79 Å². The van der Waals surface area contributed by atoms with E-state index in [0.29, 0.717) is 5.56 Å². The van der Waals surface area contributed by atoms with E-state index < -0.39 is 21.5 Å². The quantitative estimate of drug-likeness (QED) is 0.719. The number of nitrogens with one attached hydrogen (secondary N) is 1. The molecule has 0 bridgehead atoms. The van der Waals surface area contributed by atoms with Gasteiger partial charge in [0.05, 0.1) is 4.90 Å². The lowest BCUT2D eigenvalue weighted by molar-refractivity contribution is -0.122. The third-order valence-electron chi connectivity index (χ3n) is 2.70. The highest BCUT2D eigenvalue weighted by molar-refractivity contribution is 7.89. The Hall–Kier alpha value is -1.44. The van der Waals surface area contributed by atoms with Crippen molar-refractivity contribution >= 4 is 15.9 Å². The van der Waals surface area contributed by atoms with Gasteiger partial charge < -0.3 is 11.5 Å². The Labute approximate surface area is 113 Å². The lowest BCUT2D eigenvalue weighted by atomic mass is 10.1. The van der Waals surface area contributed by atoms with Crippen molar-refractivity contribution in [3.8, 4) is 0 Å². The molecule has 1 aromatic rings. The molecule has 1 atom stereocenters. The van der Waals surface area contributed by atoms with Gasteiger partial charge in [-0.15, -0.1) is 0 Å². The molecule has 5 N–H and O–H groups in total. The number of carbonyl (C=O) groups is 1. The summed E-state index contributed by atoms with van der Waals surface area (Å²) in [4.78, 5) is 11.2. The van der Waals surface area contributed by atoms with Crippen LogP contribution in [-0.4, -0.2) is 19.9 Å². The van der Waals surface area contributed by atoms with E-state index in [0.717, 1.165) is 0 Å². The third-order valence-corrected chi connectivity index (χ3v) is 4.35. The van der Waals surface area contributed by atoms with Gasteiger partial charge in [-0.25, -0.2) is 8.42 Å². The van der Waals surface area contributed by atoms with E-state index in [2.05, 4.69) is 4.72 Å². The first-order valence-electron chi connectivity index (χ1n) is 5.76. The summed E-state index contributed by atoms with van der Waals surface area (Å²) in [6, 6.07) is 5.97. The Kier molecular flexibility index (Phi) is 4.34. The summed E-state index contributed by atoms with van der Waals surface area (Å²) >= 11 is 0. The van der Waals surface area contributed by atoms with Gasteiger partial charge in [0.15, 0.2) is 0 Å². The molecule has 106 valence electrons. The summed E-state index contributed by atoms with van der Waals surface area (Å²) < 4.78 is 26.6. The molecule has 1 aromatic carbocycles. The number of primary amides is 1. The highest BCUT2D eigenvalue weighted by Crippen LogP contribution is 2.17. The van der Waals surface area contributed by atoms with E-state index in [-0.39, 0.29) is 10.9 Å². The first-order valence-corrected chi connectivity index (χ1v) is 7.24. The number of hydrogen-bond acceptors (Lipinski definition) is 4. The molecule has 0 aliphatic carbocycles. The molecule has 0 fully saturated rings. The van der Waals surface area contributed by atoms with E-state index >= 15 is 0 Å². The van der Waals surface area contributed by atoms with Gasteiger partial charge in [0.1, 0.15) is 5.54 Å². The SMILES string of the molecule is CC(N)c1cccc(S(=O)(=O)NC(C)(C)C(N)=O)c1. The molecule has 0 aliphatic heterocycles. The van der Waals surface area contributed by atoms with Gasteiger partial charge in [0.2, 0.25) is 15.9 Å². The topological polar surface area (TPSA) is 115 Å². The lowest BCUT2D eigenvalue weighted by Gasteiger charge is -2.22. The molecule has 0 heterocycles. The van der Waals surface area contributed by atoms with Crippen LogP contribution < -0.4 is 16.2 Å². The third kappa shape index (κ3) is 3.76. The number of nitrogens with two attached hydrogens (primary N) is 2. The van der Waals surface area contributed by atoms with Crippen molar-refractivity contribution in [3.05, 3.63) is 29.8 Å². The molecule has 0 aliphatic rings. The van der Waals surface area contributed by atoms with Crippen molar-refractivity contribution in [2.75, 3.05) is 0 Å². The zero-order valence-corrected chi connectivity index (χ0v) is 12.0. The number of rotatable bonds is 5. The predicted octanol–water partition coefficient (Wildman–Crippen LogP) is 0.249. The molecule has 0 spiro atoms. The van der Waals surface area contributed by atoms with Crippen LogP contribution in [0.15, 0.2) is 29.2 Å². The van der Waals surface area contributed by atoms with Gasteiger partial charge in [-0.2, -0.15) is 4.72 Å². The number of carbonyl (C=O) groups excluding carboxylic acids is 1. The Morgan fingerprint density at radius 3 is 2.42 bits per heavy atom. The Balaban J connectivity index is 3.14. The molecule has 0 radical (unpaired) electrons. The van der Waals surface area contributed by atoms with Crippen LogP contribution >= 0.6 is 0 Å². The molecule has 0 aromatic heterocycles. The minimum atomic E-state index is -3.83. The highest BCUT2D eigenvalue weighted by atomic mass is 32.2. The minimum absolute atomic E-state index is 0.0524. The maximum absolute atomic E-state index is 12.2. The fraction of sp³-hybridized carbons (Fsp3) is 0.417. The largest absolute Gasteiger partial charge is 0.368 e. The monoisotopic (exact) mass is 285 g/mol. The summed E-state index contributed by atoms with van der Waals surface area (Å²) in [7, 11) is -3.83. The predicted molar refractivity (Wildman–Crippen MR) is 72.6 cm³/mol. The molecule has 1 amide bonds. The van der Waals surface area contributed by atoms with Crippen molar-refractivity contribution in [2.45, 2.75) is 37.2 Å². The van der Waals surface area contributed by atoms with E-state index in [1.54, 1.807) is 19.1 Å². The van der Waals surface area contributed by atoms with Crippen molar-refractivity contribution in [3.63, 3.8) is 0 Å². The molecule has 7 heteroatoms. The van der Waals surface area contributed by atoms with Gasteiger partial charge in [0.25, 0.3) is 0 Å². The van der Waals surface area contributed by atoms with Crippen LogP contribution in [0.1, 0.15) is 32.4 Å². The Morgan fingerprint density at radius 1 is 1.37 bits per heavy atom. The second kappa shape index (κ2) is 5.28. The van der Waals surface area contributed by atoms with Gasteiger partial charge in [-0.1, -0.05) is 12.1 Å². The van der Waals surface area contributed by atoms with Gasteiger partial charge >= 0.3 is 0 Å². The average Bonchev–Trinajstić information content (AvgIpc) is 2.27. The second-order valence-electron chi connectivity index (χ2n) is 4.96. The molecule has 1 rings (SSSR count). The average molecular weight is 285 g/mol. The number of hydrogen-bond donors (Lipinski definition) is 3. The number of amides is 1. The van der Waals surface area contributed by atoms with Crippen LogP contribution in [-0.2, 0) is 14.8 Å². The first-order chi connectivity index (χ1) is 8.56. The molecule has 6 nitrogen and oxygen atoms in total. The minimum Gasteiger partial charge on any atom is -0.368 e. The van der Waals surface area contributed by atoms with E-state index in [9.17, 15) is 13.2 Å². The van der Waals surface area contributed by atoms with Crippen molar-refractivity contribution in [1.82, 2.24) is 4.72 Å². The fourth-order valence-corrected chi connectivity index (χ4v) is 2.85. The van der Waals surface area contributed by atoms with Crippen LogP contribution in [0.25, 0.3) is 0 Å². The fourth-order valence-electron chi connectivity index (χ4n) is 1.41. The van der Waals surface area contributed by atoms with Crippen molar-refractivity contribution < 1.29 is 13.2 Å². The molecular formula is C12H19N3O3S. The maximum atomic E-state index is 12.2. The standard InChI is InChI=1S/C12H19N3O3S/c1-8(13)9-5-4-6-10(7-9)19(17,18)15-12(2,3)11(14)16/h4-8,15H,13H2,1-3H3,(H2,14,16). The van der Waals surface area contributed by atoms with E-state index in [4.69, 9.17) is 11.5 Å². The van der Waals surface area contributed by atoms with Crippen LogP contribution in [0.2, 0.25) is 0 Å².